The molecule has 2 N–H and O–H groups in total. The predicted octanol–water partition coefficient (Wildman–Crippen LogP) is 5.30. The summed E-state index contributed by atoms with van der Waals surface area (Å²) in [5.41, 5.74) is 2.85. The molecule has 9 heteroatoms. The first-order valence-electron chi connectivity index (χ1n) is 13.0. The summed E-state index contributed by atoms with van der Waals surface area (Å²) in [6.07, 6.45) is 6.06. The Morgan fingerprint density at radius 3 is 2.26 bits per heavy atom. The van der Waals surface area contributed by atoms with Gasteiger partial charge in [0, 0.05) is 18.8 Å². The van der Waals surface area contributed by atoms with Crippen LogP contribution >= 0.6 is 0 Å². The first-order chi connectivity index (χ1) is 18.6. The van der Waals surface area contributed by atoms with Gasteiger partial charge in [-0.3, -0.25) is 4.79 Å². The van der Waals surface area contributed by atoms with Crippen LogP contribution in [0.15, 0.2) is 71.6 Å². The Balaban J connectivity index is 1.60. The van der Waals surface area contributed by atoms with Gasteiger partial charge in [-0.1, -0.05) is 55.7 Å². The molecule has 1 saturated carbocycles. The highest BCUT2D eigenvalue weighted by Crippen LogP contribution is 2.33. The minimum atomic E-state index is -3.93. The number of hydrogen-bond donors (Lipinski definition) is 2. The van der Waals surface area contributed by atoms with Crippen LogP contribution in [-0.4, -0.2) is 48.4 Å². The fourth-order valence-corrected chi connectivity index (χ4v) is 6.25. The molecule has 1 aliphatic carbocycles. The van der Waals surface area contributed by atoms with Gasteiger partial charge in [0.25, 0.3) is 0 Å². The third kappa shape index (κ3) is 6.66. The van der Waals surface area contributed by atoms with Crippen molar-refractivity contribution in [3.63, 3.8) is 0 Å². The summed E-state index contributed by atoms with van der Waals surface area (Å²) < 4.78 is 27.3. The molecule has 0 aliphatic heterocycles. The molecule has 1 amide bonds. The second-order valence-corrected chi connectivity index (χ2v) is 12.2. The number of sulfonamides is 1. The number of carbonyl (C=O) groups is 2. The minimum Gasteiger partial charge on any atom is -0.507 e. The van der Waals surface area contributed by atoms with Gasteiger partial charge in [0.15, 0.2) is 0 Å². The van der Waals surface area contributed by atoms with E-state index in [2.05, 4.69) is 12.1 Å². The van der Waals surface area contributed by atoms with Gasteiger partial charge in [0.2, 0.25) is 15.9 Å². The highest BCUT2D eigenvalue weighted by atomic mass is 32.2. The number of hydrogen-bond acceptors (Lipinski definition) is 5. The van der Waals surface area contributed by atoms with E-state index in [4.69, 9.17) is 0 Å². The molecular weight excluding hydrogens is 516 g/mol. The molecule has 4 rings (SSSR count). The smallest absolute Gasteiger partial charge is 0.339 e. The van der Waals surface area contributed by atoms with E-state index in [1.807, 2.05) is 12.1 Å². The van der Waals surface area contributed by atoms with Gasteiger partial charge in [-0.2, -0.15) is 4.31 Å². The first kappa shape index (κ1) is 28.3. The quantitative estimate of drug-likeness (QED) is 0.374. The molecule has 0 heterocycles. The van der Waals surface area contributed by atoms with Gasteiger partial charge in [-0.05, 0) is 66.6 Å². The number of likely N-dealkylation sites (N-methyl/N-ethyl adjacent to an activating group) is 1. The molecule has 1 aliphatic rings. The molecule has 0 aromatic heterocycles. The Labute approximate surface area is 229 Å². The number of nitrogens with zero attached hydrogens (tertiary/aromatic N) is 2. The van der Waals surface area contributed by atoms with Crippen LogP contribution in [0.5, 0.6) is 5.75 Å². The number of benzene rings is 3. The van der Waals surface area contributed by atoms with Crippen LogP contribution in [0, 0.1) is 6.92 Å². The van der Waals surface area contributed by atoms with E-state index in [1.54, 1.807) is 25.1 Å². The van der Waals surface area contributed by atoms with Crippen LogP contribution in [0.4, 0.5) is 5.69 Å². The molecule has 3 aromatic rings. The lowest BCUT2D eigenvalue weighted by Crippen LogP contribution is -2.41. The average Bonchev–Trinajstić information content (AvgIpc) is 2.92. The van der Waals surface area contributed by atoms with Gasteiger partial charge in [-0.25, -0.2) is 13.2 Å². The number of rotatable bonds is 9. The molecule has 3 aromatic carbocycles. The Kier molecular flexibility index (Phi) is 8.72. The van der Waals surface area contributed by atoms with E-state index in [-0.39, 0.29) is 22.7 Å². The Morgan fingerprint density at radius 1 is 0.949 bits per heavy atom. The summed E-state index contributed by atoms with van der Waals surface area (Å²) in [6, 6.07) is 18.4. The molecule has 0 spiro atoms. The third-order valence-electron chi connectivity index (χ3n) is 7.28. The summed E-state index contributed by atoms with van der Waals surface area (Å²) in [5, 5.41) is 19.6. The number of aromatic hydroxyl groups is 1. The second-order valence-electron chi connectivity index (χ2n) is 10.1. The molecule has 0 unspecified atom stereocenters. The van der Waals surface area contributed by atoms with E-state index in [0.29, 0.717) is 5.92 Å². The van der Waals surface area contributed by atoms with Crippen LogP contribution in [0.25, 0.3) is 0 Å². The van der Waals surface area contributed by atoms with Crippen LogP contribution in [0.1, 0.15) is 65.1 Å². The van der Waals surface area contributed by atoms with Crippen molar-refractivity contribution in [1.29, 1.82) is 0 Å². The third-order valence-corrected chi connectivity index (χ3v) is 9.08. The van der Waals surface area contributed by atoms with E-state index >= 15 is 0 Å². The number of aryl methyl sites for hydroxylation is 1. The molecule has 0 atom stereocenters. The highest BCUT2D eigenvalue weighted by molar-refractivity contribution is 7.89. The number of aromatic carboxylic acids is 1. The molecule has 0 bridgehead atoms. The maximum Gasteiger partial charge on any atom is 0.339 e. The number of carbonyl (C=O) groups excluding carboxylic acids is 1. The van der Waals surface area contributed by atoms with E-state index < -0.39 is 34.2 Å². The lowest BCUT2D eigenvalue weighted by atomic mass is 9.84. The molecule has 39 heavy (non-hydrogen) atoms. The van der Waals surface area contributed by atoms with Gasteiger partial charge in [0.1, 0.15) is 11.3 Å². The maximum absolute atomic E-state index is 13.6. The second kappa shape index (κ2) is 12.0. The Morgan fingerprint density at radius 2 is 1.64 bits per heavy atom. The van der Waals surface area contributed by atoms with E-state index in [1.165, 1.54) is 73.9 Å². The molecule has 8 nitrogen and oxygen atoms in total. The zero-order valence-corrected chi connectivity index (χ0v) is 23.0. The summed E-state index contributed by atoms with van der Waals surface area (Å²) in [5.74, 6) is -1.76. The Hall–Kier alpha value is -3.69. The number of phenols is 1. The largest absolute Gasteiger partial charge is 0.507 e. The van der Waals surface area contributed by atoms with Crippen LogP contribution in [0.3, 0.4) is 0 Å². The SMILES string of the molecule is Cc1cccc(S(=O)(=O)N(C)CC(=O)N(Cc2ccc(C3CCCCC3)cc2)c2ccc(C(=O)O)c(O)c2)c1. The normalized spacial score (nSPS) is 14.3. The fourth-order valence-electron chi connectivity index (χ4n) is 5.02. The van der Waals surface area contributed by atoms with Crippen LogP contribution < -0.4 is 4.90 Å². The van der Waals surface area contributed by atoms with Crippen molar-refractivity contribution in [2.75, 3.05) is 18.5 Å². The maximum atomic E-state index is 13.6. The van der Waals surface area contributed by atoms with Gasteiger partial charge < -0.3 is 15.1 Å². The van der Waals surface area contributed by atoms with E-state index in [9.17, 15) is 28.2 Å². The van der Waals surface area contributed by atoms with Crippen molar-refractivity contribution in [2.45, 2.75) is 56.4 Å². The fraction of sp³-hybridized carbons (Fsp3) is 0.333. The molecule has 0 saturated heterocycles. The summed E-state index contributed by atoms with van der Waals surface area (Å²) in [4.78, 5) is 26.4. The number of amides is 1. The van der Waals surface area contributed by atoms with Crippen LogP contribution in [0.2, 0.25) is 0 Å². The van der Waals surface area contributed by atoms with Gasteiger partial charge in [0.05, 0.1) is 18.0 Å². The summed E-state index contributed by atoms with van der Waals surface area (Å²) >= 11 is 0. The average molecular weight is 551 g/mol. The summed E-state index contributed by atoms with van der Waals surface area (Å²) in [6.45, 7) is 1.46. The van der Waals surface area contributed by atoms with Crippen molar-refractivity contribution < 1.29 is 28.2 Å². The predicted molar refractivity (Wildman–Crippen MR) is 150 cm³/mol. The zero-order chi connectivity index (χ0) is 28.2. The number of carboxylic acids is 1. The lowest BCUT2D eigenvalue weighted by Gasteiger charge is -2.27. The van der Waals surface area contributed by atoms with Crippen LogP contribution in [-0.2, 0) is 21.4 Å². The van der Waals surface area contributed by atoms with Crippen molar-refractivity contribution in [3.05, 3.63) is 89.0 Å². The zero-order valence-electron chi connectivity index (χ0n) is 22.2. The molecule has 206 valence electrons. The standard InChI is InChI=1S/C30H34N2O6S/c1-21-7-6-10-26(17-21)39(37,38)31(2)20-29(34)32(25-15-16-27(30(35)36)28(33)18-25)19-22-11-13-24(14-12-22)23-8-4-3-5-9-23/h6-7,10-18,23,33H,3-5,8-9,19-20H2,1-2H3,(H,35,36). The molecular formula is C30H34N2O6S. The van der Waals surface area contributed by atoms with Crippen molar-refractivity contribution >= 4 is 27.6 Å². The minimum absolute atomic E-state index is 0.0890. The van der Waals surface area contributed by atoms with E-state index in [0.717, 1.165) is 15.4 Å². The number of carboxylic acid groups (broad SMARTS) is 1. The monoisotopic (exact) mass is 550 g/mol. The Bertz CT molecular complexity index is 1450. The topological polar surface area (TPSA) is 115 Å². The first-order valence-corrected chi connectivity index (χ1v) is 14.5. The van der Waals surface area contributed by atoms with Crippen molar-refractivity contribution in [2.24, 2.45) is 0 Å². The molecule has 0 radical (unpaired) electrons. The van der Waals surface area contributed by atoms with Gasteiger partial charge in [-0.15, -0.1) is 0 Å². The summed E-state index contributed by atoms with van der Waals surface area (Å²) in [7, 11) is -2.59. The van der Waals surface area contributed by atoms with Gasteiger partial charge >= 0.3 is 5.97 Å². The van der Waals surface area contributed by atoms with Crippen molar-refractivity contribution in [3.8, 4) is 5.75 Å². The van der Waals surface area contributed by atoms with Crippen molar-refractivity contribution in [1.82, 2.24) is 4.31 Å². The number of anilines is 1. The molecule has 1 fully saturated rings. The highest BCUT2D eigenvalue weighted by Gasteiger charge is 2.27. The lowest BCUT2D eigenvalue weighted by molar-refractivity contribution is -0.118.